The number of aromatic nitrogens is 2. The highest BCUT2D eigenvalue weighted by Crippen LogP contribution is 2.11. The van der Waals surface area contributed by atoms with Gasteiger partial charge in [-0.15, -0.1) is 0 Å². The van der Waals surface area contributed by atoms with Gasteiger partial charge < -0.3 is 9.72 Å². The topological polar surface area (TPSA) is 46.4 Å². The molecule has 0 aliphatic rings. The molecular weight excluding hydrogens is 238 g/mol. The zero-order chi connectivity index (χ0) is 13.2. The monoisotopic (exact) mass is 251 g/mol. The van der Waals surface area contributed by atoms with Gasteiger partial charge >= 0.3 is 0 Å². The van der Waals surface area contributed by atoms with Crippen molar-refractivity contribution in [3.05, 3.63) is 66.1 Å². The van der Waals surface area contributed by atoms with Crippen molar-refractivity contribution >= 4 is 17.2 Å². The molecule has 0 aliphatic carbocycles. The smallest absolute Gasteiger partial charge is 0.257 e. The molecule has 1 amide bonds. The van der Waals surface area contributed by atoms with E-state index >= 15 is 0 Å². The zero-order valence-electron chi connectivity index (χ0n) is 10.5. The summed E-state index contributed by atoms with van der Waals surface area (Å²) in [6.07, 6.45) is 3.68. The number of amides is 1. The highest BCUT2D eigenvalue weighted by molar-refractivity contribution is 6.04. The third-order valence-corrected chi connectivity index (χ3v) is 2.87. The number of benzene rings is 1. The summed E-state index contributed by atoms with van der Waals surface area (Å²) < 4.78 is 1.86. The molecule has 0 bridgehead atoms. The van der Waals surface area contributed by atoms with Crippen molar-refractivity contribution in [3.8, 4) is 0 Å². The molecule has 2 aromatic heterocycles. The van der Waals surface area contributed by atoms with Crippen molar-refractivity contribution in [2.75, 3.05) is 5.32 Å². The van der Waals surface area contributed by atoms with Crippen LogP contribution in [0.2, 0.25) is 0 Å². The second kappa shape index (κ2) is 4.57. The van der Waals surface area contributed by atoms with Crippen LogP contribution in [0.25, 0.3) is 5.65 Å². The first-order chi connectivity index (χ1) is 9.22. The molecule has 0 radical (unpaired) electrons. The molecule has 4 heteroatoms. The lowest BCUT2D eigenvalue weighted by atomic mass is 10.2. The van der Waals surface area contributed by atoms with Crippen LogP contribution in [0.1, 0.15) is 16.1 Å². The van der Waals surface area contributed by atoms with E-state index in [1.54, 1.807) is 12.3 Å². The van der Waals surface area contributed by atoms with Crippen LogP contribution < -0.4 is 5.32 Å². The molecule has 0 saturated carbocycles. The van der Waals surface area contributed by atoms with Crippen molar-refractivity contribution in [2.45, 2.75) is 6.92 Å². The minimum absolute atomic E-state index is 0.126. The lowest BCUT2D eigenvalue weighted by Crippen LogP contribution is -2.12. The molecule has 0 spiro atoms. The summed E-state index contributed by atoms with van der Waals surface area (Å²) in [4.78, 5) is 16.4. The van der Waals surface area contributed by atoms with Crippen molar-refractivity contribution < 1.29 is 4.79 Å². The van der Waals surface area contributed by atoms with E-state index in [0.29, 0.717) is 5.56 Å². The van der Waals surface area contributed by atoms with Crippen LogP contribution in [0, 0.1) is 6.92 Å². The van der Waals surface area contributed by atoms with Gasteiger partial charge in [-0.3, -0.25) is 4.79 Å². The molecule has 0 fully saturated rings. The van der Waals surface area contributed by atoms with Crippen LogP contribution >= 0.6 is 0 Å². The van der Waals surface area contributed by atoms with E-state index < -0.39 is 0 Å². The van der Waals surface area contributed by atoms with Gasteiger partial charge in [0.1, 0.15) is 5.65 Å². The number of rotatable bonds is 2. The summed E-state index contributed by atoms with van der Waals surface area (Å²) in [5.41, 5.74) is 3.16. The minimum atomic E-state index is -0.126. The maximum Gasteiger partial charge on any atom is 0.257 e. The molecule has 19 heavy (non-hydrogen) atoms. The Kier molecular flexibility index (Phi) is 2.76. The van der Waals surface area contributed by atoms with Crippen LogP contribution in [-0.4, -0.2) is 15.3 Å². The van der Waals surface area contributed by atoms with Crippen molar-refractivity contribution in [3.63, 3.8) is 0 Å². The molecule has 94 valence electrons. The van der Waals surface area contributed by atoms with Gasteiger partial charge in [-0.2, -0.15) is 0 Å². The highest BCUT2D eigenvalue weighted by atomic mass is 16.1. The van der Waals surface area contributed by atoms with Gasteiger partial charge in [0.15, 0.2) is 0 Å². The van der Waals surface area contributed by atoms with Crippen LogP contribution in [0.3, 0.4) is 0 Å². The van der Waals surface area contributed by atoms with Gasteiger partial charge in [-0.25, -0.2) is 4.98 Å². The number of imidazole rings is 1. The summed E-state index contributed by atoms with van der Waals surface area (Å²) in [6.45, 7) is 1.93. The molecule has 3 aromatic rings. The Morgan fingerprint density at radius 3 is 2.68 bits per heavy atom. The summed E-state index contributed by atoms with van der Waals surface area (Å²) in [6, 6.07) is 13.0. The second-order valence-corrected chi connectivity index (χ2v) is 4.39. The number of nitrogens with one attached hydrogen (secondary N) is 1. The third-order valence-electron chi connectivity index (χ3n) is 2.87. The first-order valence-corrected chi connectivity index (χ1v) is 6.04. The molecule has 0 atom stereocenters. The number of hydrogen-bond donors (Lipinski definition) is 1. The summed E-state index contributed by atoms with van der Waals surface area (Å²) in [5.74, 6) is -0.126. The number of carbonyl (C=O) groups excluding carboxylic acids is 1. The Morgan fingerprint density at radius 2 is 1.89 bits per heavy atom. The first-order valence-electron chi connectivity index (χ1n) is 6.04. The summed E-state index contributed by atoms with van der Waals surface area (Å²) >= 11 is 0. The van der Waals surface area contributed by atoms with E-state index in [9.17, 15) is 4.79 Å². The second-order valence-electron chi connectivity index (χ2n) is 4.39. The predicted molar refractivity (Wildman–Crippen MR) is 74.3 cm³/mol. The number of pyridine rings is 1. The first kappa shape index (κ1) is 11.5. The largest absolute Gasteiger partial charge is 0.322 e. The van der Waals surface area contributed by atoms with Gasteiger partial charge in [0.05, 0.1) is 11.3 Å². The maximum absolute atomic E-state index is 12.1. The highest BCUT2D eigenvalue weighted by Gasteiger charge is 2.07. The summed E-state index contributed by atoms with van der Waals surface area (Å²) in [5, 5.41) is 2.86. The van der Waals surface area contributed by atoms with E-state index in [4.69, 9.17) is 0 Å². The number of fused-ring (bicyclic) bond motifs is 1. The molecule has 2 heterocycles. The number of hydrogen-bond acceptors (Lipinski definition) is 2. The molecule has 0 unspecified atom stereocenters. The Labute approximate surface area is 110 Å². The molecule has 0 saturated heterocycles. The van der Waals surface area contributed by atoms with Crippen LogP contribution in [0.4, 0.5) is 5.69 Å². The van der Waals surface area contributed by atoms with E-state index in [0.717, 1.165) is 17.0 Å². The fourth-order valence-corrected chi connectivity index (χ4v) is 1.98. The Bertz CT molecular complexity index is 731. The van der Waals surface area contributed by atoms with Gasteiger partial charge in [0, 0.05) is 18.1 Å². The Morgan fingerprint density at radius 1 is 1.11 bits per heavy atom. The predicted octanol–water partition coefficient (Wildman–Crippen LogP) is 2.90. The minimum Gasteiger partial charge on any atom is -0.322 e. The van der Waals surface area contributed by atoms with Crippen molar-refractivity contribution in [1.29, 1.82) is 0 Å². The number of nitrogens with zero attached hydrogens (tertiary/aromatic N) is 2. The standard InChI is InChI=1S/C15H13N3O/c1-11-9-18-10-12(7-8-14(18)16-11)15(19)17-13-5-3-2-4-6-13/h2-10H,1H3,(H,17,19). The van der Waals surface area contributed by atoms with Crippen molar-refractivity contribution in [2.24, 2.45) is 0 Å². The quantitative estimate of drug-likeness (QED) is 0.761. The molecular formula is C15H13N3O. The third kappa shape index (κ3) is 2.33. The molecule has 3 rings (SSSR count). The van der Waals surface area contributed by atoms with Crippen LogP contribution in [0.5, 0.6) is 0 Å². The van der Waals surface area contributed by atoms with Crippen LogP contribution in [0.15, 0.2) is 54.9 Å². The fraction of sp³-hybridized carbons (Fsp3) is 0.0667. The van der Waals surface area contributed by atoms with Gasteiger partial charge in [0.25, 0.3) is 5.91 Å². The molecule has 1 N–H and O–H groups in total. The molecule has 0 aliphatic heterocycles. The fourth-order valence-electron chi connectivity index (χ4n) is 1.98. The number of carbonyl (C=O) groups is 1. The lowest BCUT2D eigenvalue weighted by molar-refractivity contribution is 0.102. The SMILES string of the molecule is Cc1cn2cc(C(=O)Nc3ccccc3)ccc2n1. The van der Waals surface area contributed by atoms with Gasteiger partial charge in [-0.1, -0.05) is 18.2 Å². The maximum atomic E-state index is 12.1. The Hall–Kier alpha value is -2.62. The van der Waals surface area contributed by atoms with Crippen LogP contribution in [-0.2, 0) is 0 Å². The van der Waals surface area contributed by atoms with E-state index in [-0.39, 0.29) is 5.91 Å². The van der Waals surface area contributed by atoms with Gasteiger partial charge in [-0.05, 0) is 31.2 Å². The van der Waals surface area contributed by atoms with Crippen molar-refractivity contribution in [1.82, 2.24) is 9.38 Å². The molecule has 4 nitrogen and oxygen atoms in total. The van der Waals surface area contributed by atoms with E-state index in [2.05, 4.69) is 10.3 Å². The molecule has 1 aromatic carbocycles. The normalized spacial score (nSPS) is 10.6. The number of aryl methyl sites for hydroxylation is 1. The van der Waals surface area contributed by atoms with E-state index in [1.807, 2.05) is 53.9 Å². The Balaban J connectivity index is 1.89. The average Bonchev–Trinajstić information content (AvgIpc) is 2.78. The number of para-hydroxylation sites is 1. The lowest BCUT2D eigenvalue weighted by Gasteiger charge is -2.05. The summed E-state index contributed by atoms with van der Waals surface area (Å²) in [7, 11) is 0. The zero-order valence-corrected chi connectivity index (χ0v) is 10.5. The number of anilines is 1. The van der Waals surface area contributed by atoms with E-state index in [1.165, 1.54) is 0 Å². The average molecular weight is 251 g/mol. The van der Waals surface area contributed by atoms with Gasteiger partial charge in [0.2, 0.25) is 0 Å².